The van der Waals surface area contributed by atoms with Gasteiger partial charge in [-0.3, -0.25) is 0 Å². The molecule has 0 saturated carbocycles. The van der Waals surface area contributed by atoms with E-state index in [0.717, 1.165) is 17.1 Å². The van der Waals surface area contributed by atoms with E-state index in [4.69, 9.17) is 0 Å². The lowest BCUT2D eigenvalue weighted by atomic mass is 9.94. The molecule has 8 rings (SSSR count). The number of fused-ring (bicyclic) bond motifs is 1. The first-order chi connectivity index (χ1) is 23.3. The van der Waals surface area contributed by atoms with Gasteiger partial charge in [0.25, 0.3) is 0 Å². The highest BCUT2D eigenvalue weighted by Gasteiger charge is 2.18. The van der Waals surface area contributed by atoms with Gasteiger partial charge in [-0.2, -0.15) is 0 Å². The first-order valence-corrected chi connectivity index (χ1v) is 16.1. The van der Waals surface area contributed by atoms with Gasteiger partial charge in [-0.25, -0.2) is 0 Å². The van der Waals surface area contributed by atoms with Crippen molar-refractivity contribution >= 4 is 27.8 Å². The Hall–Kier alpha value is -6.18. The van der Waals surface area contributed by atoms with E-state index < -0.39 is 0 Å². The first-order valence-electron chi connectivity index (χ1n) is 16.1. The minimum absolute atomic E-state index is 1.10. The second kappa shape index (κ2) is 12.7. The van der Waals surface area contributed by atoms with E-state index in [1.54, 1.807) is 0 Å². The van der Waals surface area contributed by atoms with Gasteiger partial charge in [0.15, 0.2) is 0 Å². The summed E-state index contributed by atoms with van der Waals surface area (Å²) in [4.78, 5) is 2.39. The molecule has 0 heterocycles. The molecular formula is C46H33N. The molecule has 1 nitrogen and oxygen atoms in total. The van der Waals surface area contributed by atoms with Gasteiger partial charge in [0.2, 0.25) is 0 Å². The second-order valence-electron chi connectivity index (χ2n) is 11.8. The molecule has 1 heteroatoms. The fourth-order valence-electron chi connectivity index (χ4n) is 6.56. The van der Waals surface area contributed by atoms with Crippen molar-refractivity contribution in [1.29, 1.82) is 0 Å². The Kier molecular flexibility index (Phi) is 7.63. The van der Waals surface area contributed by atoms with Gasteiger partial charge in [0, 0.05) is 16.9 Å². The third kappa shape index (κ3) is 5.72. The number of benzene rings is 8. The molecule has 0 saturated heterocycles. The Morgan fingerprint density at radius 1 is 0.277 bits per heavy atom. The van der Waals surface area contributed by atoms with Crippen LogP contribution in [0.5, 0.6) is 0 Å². The third-order valence-corrected chi connectivity index (χ3v) is 8.86. The van der Waals surface area contributed by atoms with Gasteiger partial charge in [0.05, 0.1) is 5.69 Å². The summed E-state index contributed by atoms with van der Waals surface area (Å²) < 4.78 is 0. The SMILES string of the molecule is c1ccc(-c2ccc(N(c3cccc(-c4ccccc4)c3)c3ccccc3-c3cccc(-c4cccc5ccccc45)c3)cc2)cc1. The van der Waals surface area contributed by atoms with E-state index in [2.05, 4.69) is 205 Å². The molecule has 8 aromatic carbocycles. The third-order valence-electron chi connectivity index (χ3n) is 8.86. The van der Waals surface area contributed by atoms with Crippen molar-refractivity contribution in [3.05, 3.63) is 200 Å². The Labute approximate surface area is 276 Å². The zero-order chi connectivity index (χ0) is 31.4. The molecule has 0 bridgehead atoms. The molecule has 0 amide bonds. The summed E-state index contributed by atoms with van der Waals surface area (Å²) in [6.07, 6.45) is 0. The molecule has 0 N–H and O–H groups in total. The monoisotopic (exact) mass is 599 g/mol. The predicted octanol–water partition coefficient (Wildman–Crippen LogP) is 13.0. The fraction of sp³-hybridized carbons (Fsp3) is 0. The van der Waals surface area contributed by atoms with Gasteiger partial charge < -0.3 is 4.90 Å². The summed E-state index contributed by atoms with van der Waals surface area (Å²) in [5, 5.41) is 2.51. The topological polar surface area (TPSA) is 3.24 Å². The molecule has 0 aliphatic carbocycles. The van der Waals surface area contributed by atoms with E-state index in [1.807, 2.05) is 0 Å². The van der Waals surface area contributed by atoms with Gasteiger partial charge in [-0.15, -0.1) is 0 Å². The second-order valence-corrected chi connectivity index (χ2v) is 11.8. The molecule has 222 valence electrons. The highest BCUT2D eigenvalue weighted by atomic mass is 15.1. The highest BCUT2D eigenvalue weighted by Crippen LogP contribution is 2.43. The molecule has 0 fully saturated rings. The van der Waals surface area contributed by atoms with E-state index in [0.29, 0.717) is 0 Å². The molecule has 0 atom stereocenters. The number of hydrogen-bond acceptors (Lipinski definition) is 1. The van der Waals surface area contributed by atoms with Crippen molar-refractivity contribution < 1.29 is 0 Å². The quantitative estimate of drug-likeness (QED) is 0.176. The minimum Gasteiger partial charge on any atom is -0.310 e. The molecule has 0 spiro atoms. The fourth-order valence-corrected chi connectivity index (χ4v) is 6.56. The maximum Gasteiger partial charge on any atom is 0.0540 e. The Morgan fingerprint density at radius 2 is 0.787 bits per heavy atom. The van der Waals surface area contributed by atoms with E-state index in [-0.39, 0.29) is 0 Å². The molecule has 0 aromatic heterocycles. The minimum atomic E-state index is 1.10. The summed E-state index contributed by atoms with van der Waals surface area (Å²) in [6, 6.07) is 71.8. The van der Waals surface area contributed by atoms with Crippen LogP contribution in [0, 0.1) is 0 Å². The van der Waals surface area contributed by atoms with Crippen molar-refractivity contribution in [3.63, 3.8) is 0 Å². The Morgan fingerprint density at radius 3 is 1.57 bits per heavy atom. The molecule has 47 heavy (non-hydrogen) atoms. The molecular weight excluding hydrogens is 567 g/mol. The summed E-state index contributed by atoms with van der Waals surface area (Å²) in [5.41, 5.74) is 12.9. The van der Waals surface area contributed by atoms with Crippen LogP contribution in [0.2, 0.25) is 0 Å². The zero-order valence-corrected chi connectivity index (χ0v) is 26.0. The van der Waals surface area contributed by atoms with Crippen molar-refractivity contribution in [1.82, 2.24) is 0 Å². The van der Waals surface area contributed by atoms with Crippen LogP contribution in [0.1, 0.15) is 0 Å². The van der Waals surface area contributed by atoms with Crippen molar-refractivity contribution in [3.8, 4) is 44.5 Å². The van der Waals surface area contributed by atoms with Gasteiger partial charge in [-0.05, 0) is 86.1 Å². The van der Waals surface area contributed by atoms with Gasteiger partial charge in [0.1, 0.15) is 0 Å². The zero-order valence-electron chi connectivity index (χ0n) is 26.0. The van der Waals surface area contributed by atoms with Crippen molar-refractivity contribution in [2.24, 2.45) is 0 Å². The van der Waals surface area contributed by atoms with Crippen LogP contribution in [0.4, 0.5) is 17.1 Å². The Bertz CT molecular complexity index is 2280. The maximum atomic E-state index is 2.39. The van der Waals surface area contributed by atoms with Gasteiger partial charge >= 0.3 is 0 Å². The summed E-state index contributed by atoms with van der Waals surface area (Å²) >= 11 is 0. The van der Waals surface area contributed by atoms with Gasteiger partial charge in [-0.1, -0.05) is 164 Å². The average molecular weight is 600 g/mol. The maximum absolute atomic E-state index is 2.39. The standard InChI is InChI=1S/C46H33N/c1-3-14-34(15-4-1)36-28-30-41(31-29-36)47(42-23-12-20-38(33-42)35-16-5-2-6-17-35)46-27-10-9-25-45(46)40-22-11-21-39(32-40)44-26-13-19-37-18-7-8-24-43(37)44/h1-33H. The lowest BCUT2D eigenvalue weighted by Crippen LogP contribution is -2.11. The molecule has 8 aromatic rings. The summed E-state index contributed by atoms with van der Waals surface area (Å²) in [7, 11) is 0. The summed E-state index contributed by atoms with van der Waals surface area (Å²) in [6.45, 7) is 0. The van der Waals surface area contributed by atoms with Crippen LogP contribution in [0.3, 0.4) is 0 Å². The Balaban J connectivity index is 1.28. The smallest absolute Gasteiger partial charge is 0.0540 e. The number of rotatable bonds is 7. The van der Waals surface area contributed by atoms with Crippen LogP contribution in [-0.4, -0.2) is 0 Å². The molecule has 0 aliphatic heterocycles. The van der Waals surface area contributed by atoms with E-state index >= 15 is 0 Å². The normalized spacial score (nSPS) is 11.0. The predicted molar refractivity (Wildman–Crippen MR) is 200 cm³/mol. The van der Waals surface area contributed by atoms with E-state index in [9.17, 15) is 0 Å². The van der Waals surface area contributed by atoms with E-state index in [1.165, 1.54) is 55.3 Å². The van der Waals surface area contributed by atoms with Crippen LogP contribution in [-0.2, 0) is 0 Å². The number of hydrogen-bond donors (Lipinski definition) is 0. The van der Waals surface area contributed by atoms with Crippen molar-refractivity contribution in [2.45, 2.75) is 0 Å². The number of anilines is 3. The number of nitrogens with zero attached hydrogens (tertiary/aromatic N) is 1. The molecule has 0 radical (unpaired) electrons. The number of para-hydroxylation sites is 1. The molecule has 0 unspecified atom stereocenters. The first kappa shape index (κ1) is 28.3. The summed E-state index contributed by atoms with van der Waals surface area (Å²) in [5.74, 6) is 0. The average Bonchev–Trinajstić information content (AvgIpc) is 3.16. The van der Waals surface area contributed by atoms with Crippen LogP contribution in [0.15, 0.2) is 200 Å². The van der Waals surface area contributed by atoms with Crippen molar-refractivity contribution in [2.75, 3.05) is 4.90 Å². The lowest BCUT2D eigenvalue weighted by Gasteiger charge is -2.28. The molecule has 0 aliphatic rings. The highest BCUT2D eigenvalue weighted by molar-refractivity contribution is 5.98. The lowest BCUT2D eigenvalue weighted by molar-refractivity contribution is 1.28. The van der Waals surface area contributed by atoms with Crippen LogP contribution >= 0.6 is 0 Å². The largest absolute Gasteiger partial charge is 0.310 e. The van der Waals surface area contributed by atoms with Crippen LogP contribution < -0.4 is 4.90 Å². The van der Waals surface area contributed by atoms with Crippen LogP contribution in [0.25, 0.3) is 55.3 Å².